The minimum Gasteiger partial charge on any atom is -0.323 e. The van der Waals surface area contributed by atoms with E-state index in [0.717, 1.165) is 0 Å². The zero-order chi connectivity index (χ0) is 9.94. The first-order chi connectivity index (χ1) is 6.35. The number of unbranched alkanes of at least 4 members (excludes halogenated alkanes) is 1. The molecular weight excluding hydrogens is 160 g/mol. The highest BCUT2D eigenvalue weighted by Crippen LogP contribution is 2.01. The number of hydrogen-bond acceptors (Lipinski definition) is 2. The van der Waals surface area contributed by atoms with Crippen LogP contribution < -0.4 is 5.32 Å². The first kappa shape index (κ1) is 12.1. The van der Waals surface area contributed by atoms with Crippen LogP contribution in [0.15, 0.2) is 24.5 Å². The van der Waals surface area contributed by atoms with Gasteiger partial charge in [-0.1, -0.05) is 19.4 Å². The molecule has 0 saturated heterocycles. The maximum Gasteiger partial charge on any atom is 0.0299 e. The smallest absolute Gasteiger partial charge is 0.0299 e. The van der Waals surface area contributed by atoms with Crippen LogP contribution in [0.25, 0.3) is 0 Å². The number of nitrogens with one attached hydrogen (secondary N) is 1. The predicted molar refractivity (Wildman–Crippen MR) is 57.8 cm³/mol. The molecule has 2 heteroatoms. The van der Waals surface area contributed by atoms with E-state index in [-0.39, 0.29) is 0 Å². The molecule has 1 N–H and O–H groups in total. The first-order valence-electron chi connectivity index (χ1n) is 4.82. The maximum atomic E-state index is 4.04. The molecule has 0 bridgehead atoms. The van der Waals surface area contributed by atoms with Crippen molar-refractivity contribution in [2.75, 3.05) is 14.1 Å². The minimum absolute atomic E-state index is 1.17. The third-order valence-corrected chi connectivity index (χ3v) is 1.54. The second-order valence-corrected chi connectivity index (χ2v) is 2.96. The summed E-state index contributed by atoms with van der Waals surface area (Å²) < 4.78 is 0. The molecular formula is C11H20N2. The largest absolute Gasteiger partial charge is 0.323 e. The Morgan fingerprint density at radius 1 is 1.38 bits per heavy atom. The molecule has 0 aliphatic rings. The highest BCUT2D eigenvalue weighted by molar-refractivity contribution is 5.07. The van der Waals surface area contributed by atoms with Crippen LogP contribution in [0.3, 0.4) is 0 Å². The predicted octanol–water partition coefficient (Wildman–Crippen LogP) is 2.26. The minimum atomic E-state index is 1.17. The number of hydrogen-bond donors (Lipinski definition) is 1. The van der Waals surface area contributed by atoms with Gasteiger partial charge in [0.25, 0.3) is 0 Å². The molecule has 0 aromatic carbocycles. The lowest BCUT2D eigenvalue weighted by Gasteiger charge is -1.95. The number of rotatable bonds is 3. The lowest BCUT2D eigenvalue weighted by atomic mass is 10.1. The van der Waals surface area contributed by atoms with Crippen molar-refractivity contribution in [2.24, 2.45) is 0 Å². The van der Waals surface area contributed by atoms with E-state index in [1.54, 1.807) is 0 Å². The van der Waals surface area contributed by atoms with Crippen molar-refractivity contribution in [1.29, 1.82) is 0 Å². The fraction of sp³-hybridized carbons (Fsp3) is 0.545. The Labute approximate surface area is 81.4 Å². The van der Waals surface area contributed by atoms with Crippen molar-refractivity contribution in [1.82, 2.24) is 10.3 Å². The van der Waals surface area contributed by atoms with Crippen molar-refractivity contribution in [3.63, 3.8) is 0 Å². The van der Waals surface area contributed by atoms with Crippen molar-refractivity contribution >= 4 is 0 Å². The van der Waals surface area contributed by atoms with Gasteiger partial charge in [0.2, 0.25) is 0 Å². The van der Waals surface area contributed by atoms with E-state index in [4.69, 9.17) is 0 Å². The van der Waals surface area contributed by atoms with Crippen LogP contribution in [0.2, 0.25) is 0 Å². The Morgan fingerprint density at radius 2 is 2.08 bits per heavy atom. The fourth-order valence-electron chi connectivity index (χ4n) is 0.927. The lowest BCUT2D eigenvalue weighted by molar-refractivity contribution is 0.792. The molecule has 0 saturated carbocycles. The zero-order valence-electron chi connectivity index (χ0n) is 8.88. The summed E-state index contributed by atoms with van der Waals surface area (Å²) in [5, 5.41) is 2.75. The van der Waals surface area contributed by atoms with E-state index in [1.807, 2.05) is 32.6 Å². The average molecular weight is 180 g/mol. The summed E-state index contributed by atoms with van der Waals surface area (Å²) in [6.45, 7) is 2.20. The van der Waals surface area contributed by atoms with Gasteiger partial charge in [0, 0.05) is 12.4 Å². The molecule has 2 nitrogen and oxygen atoms in total. The summed E-state index contributed by atoms with van der Waals surface area (Å²) in [7, 11) is 3.75. The SMILES string of the molecule is CCCCc1cccnc1.CNC. The maximum absolute atomic E-state index is 4.04. The number of aryl methyl sites for hydroxylation is 1. The Bertz CT molecular complexity index is 185. The second kappa shape index (κ2) is 9.20. The quantitative estimate of drug-likeness (QED) is 0.771. The summed E-state index contributed by atoms with van der Waals surface area (Å²) >= 11 is 0. The molecule has 0 unspecified atom stereocenters. The van der Waals surface area contributed by atoms with Gasteiger partial charge >= 0.3 is 0 Å². The Hall–Kier alpha value is -0.890. The molecule has 1 aromatic rings. The van der Waals surface area contributed by atoms with E-state index < -0.39 is 0 Å². The van der Waals surface area contributed by atoms with E-state index in [1.165, 1.54) is 24.8 Å². The molecule has 0 atom stereocenters. The highest BCUT2D eigenvalue weighted by atomic mass is 14.7. The standard InChI is InChI=1S/C9H13N.C2H7N/c1-2-3-5-9-6-4-7-10-8-9;1-3-2/h4,6-8H,2-3,5H2,1H3;3H,1-2H3. The summed E-state index contributed by atoms with van der Waals surface area (Å²) in [6.07, 6.45) is 7.45. The topological polar surface area (TPSA) is 24.9 Å². The molecule has 0 aliphatic heterocycles. The van der Waals surface area contributed by atoms with Crippen LogP contribution in [-0.2, 0) is 6.42 Å². The molecule has 13 heavy (non-hydrogen) atoms. The van der Waals surface area contributed by atoms with Crippen LogP contribution in [0.5, 0.6) is 0 Å². The van der Waals surface area contributed by atoms with Crippen molar-refractivity contribution in [3.05, 3.63) is 30.1 Å². The number of aromatic nitrogens is 1. The van der Waals surface area contributed by atoms with Gasteiger partial charge in [0.15, 0.2) is 0 Å². The van der Waals surface area contributed by atoms with Crippen LogP contribution in [0.4, 0.5) is 0 Å². The van der Waals surface area contributed by atoms with E-state index >= 15 is 0 Å². The van der Waals surface area contributed by atoms with Gasteiger partial charge < -0.3 is 5.32 Å². The Morgan fingerprint density at radius 3 is 2.54 bits per heavy atom. The van der Waals surface area contributed by atoms with E-state index in [0.29, 0.717) is 0 Å². The van der Waals surface area contributed by atoms with Crippen molar-refractivity contribution in [3.8, 4) is 0 Å². The van der Waals surface area contributed by atoms with Crippen LogP contribution >= 0.6 is 0 Å². The van der Waals surface area contributed by atoms with Crippen molar-refractivity contribution in [2.45, 2.75) is 26.2 Å². The average Bonchev–Trinajstić information content (AvgIpc) is 2.18. The molecule has 1 rings (SSSR count). The normalized spacial score (nSPS) is 8.85. The Balaban J connectivity index is 0.000000424. The zero-order valence-corrected chi connectivity index (χ0v) is 8.88. The first-order valence-corrected chi connectivity index (χ1v) is 4.82. The van der Waals surface area contributed by atoms with E-state index in [9.17, 15) is 0 Å². The van der Waals surface area contributed by atoms with Gasteiger partial charge in [0.1, 0.15) is 0 Å². The third-order valence-electron chi connectivity index (χ3n) is 1.54. The molecule has 74 valence electrons. The second-order valence-electron chi connectivity index (χ2n) is 2.96. The molecule has 0 fully saturated rings. The van der Waals surface area contributed by atoms with Crippen LogP contribution in [0, 0.1) is 0 Å². The monoisotopic (exact) mass is 180 g/mol. The van der Waals surface area contributed by atoms with Crippen molar-refractivity contribution < 1.29 is 0 Å². The molecule has 1 heterocycles. The molecule has 0 aliphatic carbocycles. The third kappa shape index (κ3) is 7.47. The highest BCUT2D eigenvalue weighted by Gasteiger charge is 1.88. The van der Waals surface area contributed by atoms with Gasteiger partial charge in [0.05, 0.1) is 0 Å². The van der Waals surface area contributed by atoms with Gasteiger partial charge in [-0.2, -0.15) is 0 Å². The summed E-state index contributed by atoms with van der Waals surface area (Å²) in [5.74, 6) is 0. The summed E-state index contributed by atoms with van der Waals surface area (Å²) in [6, 6.07) is 4.12. The Kier molecular flexibility index (Phi) is 8.57. The fourth-order valence-corrected chi connectivity index (χ4v) is 0.927. The number of nitrogens with zero attached hydrogens (tertiary/aromatic N) is 1. The van der Waals surface area contributed by atoms with Crippen LogP contribution in [-0.4, -0.2) is 19.1 Å². The summed E-state index contributed by atoms with van der Waals surface area (Å²) in [4.78, 5) is 4.04. The van der Waals surface area contributed by atoms with Gasteiger partial charge in [-0.05, 0) is 38.6 Å². The van der Waals surface area contributed by atoms with Crippen LogP contribution in [0.1, 0.15) is 25.3 Å². The molecule has 0 spiro atoms. The molecule has 0 amide bonds. The lowest BCUT2D eigenvalue weighted by Crippen LogP contribution is -1.89. The molecule has 1 aromatic heterocycles. The number of pyridine rings is 1. The van der Waals surface area contributed by atoms with Gasteiger partial charge in [-0.25, -0.2) is 0 Å². The van der Waals surface area contributed by atoms with Gasteiger partial charge in [-0.3, -0.25) is 4.98 Å². The molecule has 0 radical (unpaired) electrons. The summed E-state index contributed by atoms with van der Waals surface area (Å²) in [5.41, 5.74) is 1.35. The van der Waals surface area contributed by atoms with Gasteiger partial charge in [-0.15, -0.1) is 0 Å². The van der Waals surface area contributed by atoms with E-state index in [2.05, 4.69) is 23.3 Å².